The van der Waals surface area contributed by atoms with Gasteiger partial charge >= 0.3 is 0 Å². The first kappa shape index (κ1) is 14.5. The molecule has 0 aliphatic carbocycles. The van der Waals surface area contributed by atoms with Gasteiger partial charge in [-0.2, -0.15) is 4.31 Å². The highest BCUT2D eigenvalue weighted by atomic mass is 32.2. The van der Waals surface area contributed by atoms with Crippen molar-refractivity contribution in [3.63, 3.8) is 0 Å². The number of rotatable bonds is 3. The highest BCUT2D eigenvalue weighted by Gasteiger charge is 2.31. The van der Waals surface area contributed by atoms with Crippen molar-refractivity contribution in [2.75, 3.05) is 13.1 Å². The molecule has 1 heterocycles. The van der Waals surface area contributed by atoms with Gasteiger partial charge < -0.3 is 4.74 Å². The van der Waals surface area contributed by atoms with Gasteiger partial charge in [-0.25, -0.2) is 8.42 Å². The van der Waals surface area contributed by atoms with Crippen molar-refractivity contribution in [2.24, 2.45) is 0 Å². The normalized spacial score (nSPS) is 25.4. The van der Waals surface area contributed by atoms with Crippen LogP contribution in [0.2, 0.25) is 0 Å². The van der Waals surface area contributed by atoms with Crippen LogP contribution < -0.4 is 0 Å². The Kier molecular flexibility index (Phi) is 4.28. The molecule has 0 radical (unpaired) electrons. The molecule has 0 spiro atoms. The maximum Gasteiger partial charge on any atom is 0.243 e. The van der Waals surface area contributed by atoms with Crippen LogP contribution in [0.25, 0.3) is 0 Å². The van der Waals surface area contributed by atoms with Crippen LogP contribution in [-0.2, 0) is 21.2 Å². The molecular formula is C14H21NO3S. The summed E-state index contributed by atoms with van der Waals surface area (Å²) in [6.45, 7) is 6.69. The third-order valence-electron chi connectivity index (χ3n) is 3.36. The number of sulfonamides is 1. The summed E-state index contributed by atoms with van der Waals surface area (Å²) >= 11 is 0. The second-order valence-corrected chi connectivity index (χ2v) is 7.01. The molecule has 0 bridgehead atoms. The fraction of sp³-hybridized carbons (Fsp3) is 0.571. The predicted octanol–water partition coefficient (Wildman–Crippen LogP) is 2.05. The topological polar surface area (TPSA) is 46.6 Å². The van der Waals surface area contributed by atoms with Gasteiger partial charge in [-0.15, -0.1) is 0 Å². The third-order valence-corrected chi connectivity index (χ3v) is 5.20. The summed E-state index contributed by atoms with van der Waals surface area (Å²) in [5, 5.41) is 0. The zero-order valence-corrected chi connectivity index (χ0v) is 12.5. The molecule has 0 aromatic heterocycles. The minimum atomic E-state index is -3.40. The van der Waals surface area contributed by atoms with Crippen LogP contribution >= 0.6 is 0 Å². The number of morpholine rings is 1. The number of benzene rings is 1. The van der Waals surface area contributed by atoms with Crippen LogP contribution in [-0.4, -0.2) is 38.0 Å². The average Bonchev–Trinajstić information content (AvgIpc) is 2.37. The Balaban J connectivity index is 2.25. The Bertz CT molecular complexity index is 514. The number of hydrogen-bond acceptors (Lipinski definition) is 3. The smallest absolute Gasteiger partial charge is 0.243 e. The SMILES string of the molecule is CCc1ccc(S(=O)(=O)N2C[C@@H](C)O[C@@H](C)C2)cc1. The van der Waals surface area contributed by atoms with Gasteiger partial charge in [-0.1, -0.05) is 19.1 Å². The van der Waals surface area contributed by atoms with Gasteiger partial charge in [-0.3, -0.25) is 0 Å². The summed E-state index contributed by atoms with van der Waals surface area (Å²) in [5.41, 5.74) is 1.14. The van der Waals surface area contributed by atoms with Crippen molar-refractivity contribution in [1.82, 2.24) is 4.31 Å². The number of aryl methyl sites for hydroxylation is 1. The average molecular weight is 283 g/mol. The second kappa shape index (κ2) is 5.61. The van der Waals surface area contributed by atoms with Crippen LogP contribution in [0.4, 0.5) is 0 Å². The molecule has 1 aliphatic heterocycles. The minimum Gasteiger partial charge on any atom is -0.373 e. The lowest BCUT2D eigenvalue weighted by molar-refractivity contribution is -0.0440. The zero-order chi connectivity index (χ0) is 14.0. The summed E-state index contributed by atoms with van der Waals surface area (Å²) in [5.74, 6) is 0. The van der Waals surface area contributed by atoms with Crippen LogP contribution in [0.3, 0.4) is 0 Å². The summed E-state index contributed by atoms with van der Waals surface area (Å²) in [7, 11) is -3.40. The van der Waals surface area contributed by atoms with Crippen molar-refractivity contribution in [1.29, 1.82) is 0 Å². The van der Waals surface area contributed by atoms with E-state index in [9.17, 15) is 8.42 Å². The molecule has 0 N–H and O–H groups in total. The first-order valence-electron chi connectivity index (χ1n) is 6.68. The molecule has 106 valence electrons. The van der Waals surface area contributed by atoms with E-state index in [-0.39, 0.29) is 12.2 Å². The fourth-order valence-electron chi connectivity index (χ4n) is 2.37. The first-order valence-corrected chi connectivity index (χ1v) is 8.12. The lowest BCUT2D eigenvalue weighted by Crippen LogP contribution is -2.48. The molecule has 0 unspecified atom stereocenters. The van der Waals surface area contributed by atoms with E-state index < -0.39 is 10.0 Å². The Morgan fingerprint density at radius 2 is 1.68 bits per heavy atom. The molecule has 2 atom stereocenters. The number of nitrogens with zero attached hydrogens (tertiary/aromatic N) is 1. The molecule has 1 saturated heterocycles. The van der Waals surface area contributed by atoms with Crippen LogP contribution in [0.5, 0.6) is 0 Å². The van der Waals surface area contributed by atoms with Crippen molar-refractivity contribution >= 4 is 10.0 Å². The van der Waals surface area contributed by atoms with E-state index >= 15 is 0 Å². The van der Waals surface area contributed by atoms with Crippen LogP contribution in [0.15, 0.2) is 29.2 Å². The Morgan fingerprint density at radius 1 is 1.16 bits per heavy atom. The molecule has 19 heavy (non-hydrogen) atoms. The van der Waals surface area contributed by atoms with Crippen molar-refractivity contribution < 1.29 is 13.2 Å². The molecule has 1 fully saturated rings. The lowest BCUT2D eigenvalue weighted by Gasteiger charge is -2.34. The lowest BCUT2D eigenvalue weighted by atomic mass is 10.2. The largest absolute Gasteiger partial charge is 0.373 e. The van der Waals surface area contributed by atoms with Gasteiger partial charge in [0, 0.05) is 13.1 Å². The molecule has 1 aliphatic rings. The van der Waals surface area contributed by atoms with Crippen LogP contribution in [0.1, 0.15) is 26.3 Å². The summed E-state index contributed by atoms with van der Waals surface area (Å²) in [4.78, 5) is 0.367. The molecular weight excluding hydrogens is 262 g/mol. The summed E-state index contributed by atoms with van der Waals surface area (Å²) in [6, 6.07) is 7.14. The van der Waals surface area contributed by atoms with Gasteiger partial charge in [0.2, 0.25) is 10.0 Å². The van der Waals surface area contributed by atoms with E-state index in [1.165, 1.54) is 4.31 Å². The first-order chi connectivity index (χ1) is 8.93. The van der Waals surface area contributed by atoms with E-state index in [1.807, 2.05) is 26.0 Å². The quantitative estimate of drug-likeness (QED) is 0.853. The van der Waals surface area contributed by atoms with E-state index in [4.69, 9.17) is 4.74 Å². The molecule has 5 heteroatoms. The van der Waals surface area contributed by atoms with Crippen molar-refractivity contribution in [3.8, 4) is 0 Å². The molecule has 0 amide bonds. The molecule has 1 aromatic carbocycles. The highest BCUT2D eigenvalue weighted by Crippen LogP contribution is 2.21. The van der Waals surface area contributed by atoms with E-state index in [0.717, 1.165) is 12.0 Å². The Hall–Kier alpha value is -0.910. The van der Waals surface area contributed by atoms with E-state index in [2.05, 4.69) is 6.92 Å². The van der Waals surface area contributed by atoms with Gasteiger partial charge in [0.05, 0.1) is 17.1 Å². The van der Waals surface area contributed by atoms with Crippen molar-refractivity contribution in [3.05, 3.63) is 29.8 Å². The number of ether oxygens (including phenoxy) is 1. The zero-order valence-electron chi connectivity index (χ0n) is 11.7. The second-order valence-electron chi connectivity index (χ2n) is 5.08. The standard InChI is InChI=1S/C14H21NO3S/c1-4-13-5-7-14(8-6-13)19(16,17)15-9-11(2)18-12(3)10-15/h5-8,11-12H,4,9-10H2,1-3H3/t11-,12+. The van der Waals surface area contributed by atoms with Crippen molar-refractivity contribution in [2.45, 2.75) is 44.3 Å². The fourth-order valence-corrected chi connectivity index (χ4v) is 3.96. The maximum atomic E-state index is 12.5. The maximum absolute atomic E-state index is 12.5. The Labute approximate surface area is 115 Å². The monoisotopic (exact) mass is 283 g/mol. The highest BCUT2D eigenvalue weighted by molar-refractivity contribution is 7.89. The van der Waals surface area contributed by atoms with Gasteiger partial charge in [0.25, 0.3) is 0 Å². The Morgan fingerprint density at radius 3 is 2.16 bits per heavy atom. The number of hydrogen-bond donors (Lipinski definition) is 0. The van der Waals surface area contributed by atoms with Crippen LogP contribution in [0, 0.1) is 0 Å². The molecule has 2 rings (SSSR count). The molecule has 1 aromatic rings. The van der Waals surface area contributed by atoms with Gasteiger partial charge in [-0.05, 0) is 38.0 Å². The minimum absolute atomic E-state index is 0.0616. The summed E-state index contributed by atoms with van der Waals surface area (Å²) < 4.78 is 32.2. The van der Waals surface area contributed by atoms with E-state index in [0.29, 0.717) is 18.0 Å². The molecule has 4 nitrogen and oxygen atoms in total. The van der Waals surface area contributed by atoms with Gasteiger partial charge in [0.15, 0.2) is 0 Å². The predicted molar refractivity (Wildman–Crippen MR) is 74.6 cm³/mol. The summed E-state index contributed by atoms with van der Waals surface area (Å²) in [6.07, 6.45) is 0.785. The van der Waals surface area contributed by atoms with E-state index in [1.54, 1.807) is 12.1 Å². The van der Waals surface area contributed by atoms with Gasteiger partial charge in [0.1, 0.15) is 0 Å². The third kappa shape index (κ3) is 3.16. The molecule has 0 saturated carbocycles.